The highest BCUT2D eigenvalue weighted by atomic mass is 16.1. The molecule has 0 N–H and O–H groups in total. The van der Waals surface area contributed by atoms with Crippen LogP contribution >= 0.6 is 0 Å². The first-order valence-corrected chi connectivity index (χ1v) is 12.9. The third-order valence-corrected chi connectivity index (χ3v) is 10.6. The quantitative estimate of drug-likeness (QED) is 0.431. The molecule has 8 atom stereocenters. The molecule has 0 aliphatic heterocycles. The highest BCUT2D eigenvalue weighted by molar-refractivity contribution is 5.82. The van der Waals surface area contributed by atoms with Crippen molar-refractivity contribution in [1.29, 1.82) is 0 Å². The molecule has 4 rings (SSSR count). The second-order valence-electron chi connectivity index (χ2n) is 12.4. The van der Waals surface area contributed by atoms with Crippen molar-refractivity contribution in [2.24, 2.45) is 52.3 Å². The minimum Gasteiger partial charge on any atom is -0.299 e. The first kappa shape index (κ1) is 21.6. The Morgan fingerprint density at radius 1 is 1.00 bits per heavy atom. The maximum absolute atomic E-state index is 12.4. The van der Waals surface area contributed by atoms with Crippen LogP contribution in [0.3, 0.4) is 0 Å². The van der Waals surface area contributed by atoms with E-state index >= 15 is 0 Å². The van der Waals surface area contributed by atoms with Crippen LogP contribution in [0.2, 0.25) is 0 Å². The zero-order valence-corrected chi connectivity index (χ0v) is 20.1. The van der Waals surface area contributed by atoms with Gasteiger partial charge in [0, 0.05) is 12.3 Å². The maximum Gasteiger partial charge on any atom is 0.136 e. The van der Waals surface area contributed by atoms with Crippen LogP contribution in [0.5, 0.6) is 0 Å². The van der Waals surface area contributed by atoms with Gasteiger partial charge in [-0.05, 0) is 84.9 Å². The van der Waals surface area contributed by atoms with Crippen molar-refractivity contribution in [2.45, 2.75) is 106 Å². The standard InChI is InChI=1S/C28H46O/c1-18(2)8-7-9-19(3)22-12-13-24-21-10-11-23-20(4)26(29)15-17-28(23,6)25(21)14-16-27(22,24)5/h10,18-20,22-25H,7-9,11-17H2,1-6H3/t19-,20?,22?,23+,24?,25?,27-,28+/m1/s1. The van der Waals surface area contributed by atoms with E-state index in [1.54, 1.807) is 0 Å². The molecule has 164 valence electrons. The van der Waals surface area contributed by atoms with Gasteiger partial charge in [0.25, 0.3) is 0 Å². The Morgan fingerprint density at radius 3 is 2.45 bits per heavy atom. The molecular formula is C28H46O. The van der Waals surface area contributed by atoms with E-state index in [4.69, 9.17) is 0 Å². The topological polar surface area (TPSA) is 17.1 Å². The minimum absolute atomic E-state index is 0.275. The van der Waals surface area contributed by atoms with Crippen molar-refractivity contribution < 1.29 is 4.79 Å². The average molecular weight is 399 g/mol. The summed E-state index contributed by atoms with van der Waals surface area (Å²) in [6.45, 7) is 14.7. The number of ketones is 1. The van der Waals surface area contributed by atoms with E-state index < -0.39 is 0 Å². The number of fused-ring (bicyclic) bond motifs is 5. The van der Waals surface area contributed by atoms with Gasteiger partial charge in [0.05, 0.1) is 0 Å². The van der Waals surface area contributed by atoms with E-state index in [9.17, 15) is 4.79 Å². The summed E-state index contributed by atoms with van der Waals surface area (Å²) >= 11 is 0. The van der Waals surface area contributed by atoms with Crippen molar-refractivity contribution in [3.63, 3.8) is 0 Å². The Balaban J connectivity index is 1.53. The Labute approximate surface area is 180 Å². The minimum atomic E-state index is 0.275. The fraction of sp³-hybridized carbons (Fsp3) is 0.893. The van der Waals surface area contributed by atoms with Gasteiger partial charge in [-0.1, -0.05) is 72.5 Å². The molecule has 0 aromatic carbocycles. The lowest BCUT2D eigenvalue weighted by Crippen LogP contribution is -2.51. The highest BCUT2D eigenvalue weighted by Crippen LogP contribution is 2.67. The molecule has 3 saturated carbocycles. The second-order valence-corrected chi connectivity index (χ2v) is 12.4. The molecule has 0 aromatic rings. The number of hydrogen-bond donors (Lipinski definition) is 0. The summed E-state index contributed by atoms with van der Waals surface area (Å²) in [6, 6.07) is 0. The van der Waals surface area contributed by atoms with Crippen LogP contribution in [0.25, 0.3) is 0 Å². The molecule has 4 unspecified atom stereocenters. The van der Waals surface area contributed by atoms with E-state index in [1.807, 2.05) is 5.57 Å². The van der Waals surface area contributed by atoms with Crippen LogP contribution < -0.4 is 0 Å². The van der Waals surface area contributed by atoms with Crippen LogP contribution in [-0.2, 0) is 4.79 Å². The zero-order valence-electron chi connectivity index (χ0n) is 20.1. The average Bonchev–Trinajstić information content (AvgIpc) is 3.02. The monoisotopic (exact) mass is 398 g/mol. The summed E-state index contributed by atoms with van der Waals surface area (Å²) < 4.78 is 0. The summed E-state index contributed by atoms with van der Waals surface area (Å²) in [6.07, 6.45) is 15.7. The lowest BCUT2D eigenvalue weighted by atomic mass is 9.46. The van der Waals surface area contributed by atoms with E-state index in [1.165, 1.54) is 44.9 Å². The smallest absolute Gasteiger partial charge is 0.136 e. The number of hydrogen-bond acceptors (Lipinski definition) is 1. The summed E-state index contributed by atoms with van der Waals surface area (Å²) in [5.41, 5.74) is 2.74. The fourth-order valence-corrected chi connectivity index (χ4v) is 8.78. The molecule has 0 heterocycles. The molecule has 0 aromatic heterocycles. The Hall–Kier alpha value is -0.590. The fourth-order valence-electron chi connectivity index (χ4n) is 8.78. The van der Waals surface area contributed by atoms with Crippen molar-refractivity contribution in [1.82, 2.24) is 0 Å². The Morgan fingerprint density at radius 2 is 1.72 bits per heavy atom. The molecule has 1 nitrogen and oxygen atoms in total. The van der Waals surface area contributed by atoms with Crippen LogP contribution in [0.4, 0.5) is 0 Å². The first-order chi connectivity index (χ1) is 13.7. The van der Waals surface area contributed by atoms with Crippen molar-refractivity contribution in [3.05, 3.63) is 11.6 Å². The molecule has 4 aliphatic carbocycles. The van der Waals surface area contributed by atoms with E-state index in [2.05, 4.69) is 47.6 Å². The number of carbonyl (C=O) groups is 1. The molecule has 0 spiro atoms. The van der Waals surface area contributed by atoms with Crippen molar-refractivity contribution in [2.75, 3.05) is 0 Å². The molecular weight excluding hydrogens is 352 g/mol. The third-order valence-electron chi connectivity index (χ3n) is 10.6. The van der Waals surface area contributed by atoms with Crippen molar-refractivity contribution in [3.8, 4) is 0 Å². The van der Waals surface area contributed by atoms with Crippen LogP contribution in [0, 0.1) is 52.3 Å². The molecule has 4 aliphatic rings. The van der Waals surface area contributed by atoms with Crippen LogP contribution in [0.15, 0.2) is 11.6 Å². The predicted molar refractivity (Wildman–Crippen MR) is 123 cm³/mol. The molecule has 0 radical (unpaired) electrons. The van der Waals surface area contributed by atoms with Gasteiger partial charge in [0.1, 0.15) is 5.78 Å². The molecule has 1 heteroatoms. The SMILES string of the molecule is CC(C)CCC[C@@H](C)C1CCC2C3=CC[C@H]4C(C)C(=O)CC[C@]4(C)C3CC[C@@]21C. The molecule has 0 saturated heterocycles. The normalized spacial score (nSPS) is 45.4. The highest BCUT2D eigenvalue weighted by Gasteiger charge is 2.59. The van der Waals surface area contributed by atoms with Gasteiger partial charge in [0.15, 0.2) is 0 Å². The molecule has 3 fully saturated rings. The first-order valence-electron chi connectivity index (χ1n) is 12.9. The van der Waals surface area contributed by atoms with Gasteiger partial charge in [-0.2, -0.15) is 0 Å². The van der Waals surface area contributed by atoms with Gasteiger partial charge < -0.3 is 0 Å². The zero-order chi connectivity index (χ0) is 21.0. The van der Waals surface area contributed by atoms with Crippen LogP contribution in [-0.4, -0.2) is 5.78 Å². The van der Waals surface area contributed by atoms with Gasteiger partial charge in [-0.15, -0.1) is 0 Å². The summed E-state index contributed by atoms with van der Waals surface area (Å²) in [7, 11) is 0. The Bertz CT molecular complexity index is 659. The summed E-state index contributed by atoms with van der Waals surface area (Å²) in [5.74, 6) is 5.61. The lowest BCUT2D eigenvalue weighted by molar-refractivity contribution is -0.134. The van der Waals surface area contributed by atoms with Gasteiger partial charge in [-0.25, -0.2) is 0 Å². The molecule has 29 heavy (non-hydrogen) atoms. The number of allylic oxidation sites excluding steroid dienone is 2. The summed E-state index contributed by atoms with van der Waals surface area (Å²) in [4.78, 5) is 12.4. The van der Waals surface area contributed by atoms with Crippen molar-refractivity contribution >= 4 is 5.78 Å². The van der Waals surface area contributed by atoms with E-state index in [-0.39, 0.29) is 5.92 Å². The van der Waals surface area contributed by atoms with Crippen LogP contribution in [0.1, 0.15) is 106 Å². The second kappa shape index (κ2) is 7.83. The van der Waals surface area contributed by atoms with E-state index in [0.29, 0.717) is 22.5 Å². The number of rotatable bonds is 5. The third kappa shape index (κ3) is 3.47. The number of carbonyl (C=O) groups excluding carboxylic acids is 1. The number of Topliss-reactive ketones (excluding diaryl/α,β-unsaturated/α-hetero) is 1. The largest absolute Gasteiger partial charge is 0.299 e. The van der Waals surface area contributed by atoms with Gasteiger partial charge in [-0.3, -0.25) is 4.79 Å². The summed E-state index contributed by atoms with van der Waals surface area (Å²) in [5, 5.41) is 0. The van der Waals surface area contributed by atoms with E-state index in [0.717, 1.165) is 48.9 Å². The maximum atomic E-state index is 12.4. The predicted octanol–water partition coefficient (Wildman–Crippen LogP) is 7.84. The lowest BCUT2D eigenvalue weighted by Gasteiger charge is -2.58. The molecule has 0 bridgehead atoms. The van der Waals surface area contributed by atoms with Gasteiger partial charge >= 0.3 is 0 Å². The Kier molecular flexibility index (Phi) is 5.84. The van der Waals surface area contributed by atoms with Gasteiger partial charge in [0.2, 0.25) is 0 Å². The molecule has 0 amide bonds.